The van der Waals surface area contributed by atoms with Crippen molar-refractivity contribution < 1.29 is 19.1 Å². The molecule has 8 heteroatoms. The zero-order valence-electron chi connectivity index (χ0n) is 14.4. The highest BCUT2D eigenvalue weighted by molar-refractivity contribution is 6.06. The third-order valence-electron chi connectivity index (χ3n) is 4.29. The highest BCUT2D eigenvalue weighted by Gasteiger charge is 2.29. The predicted octanol–water partition coefficient (Wildman–Crippen LogP) is 0.226. The fourth-order valence-corrected chi connectivity index (χ4v) is 3.04. The van der Waals surface area contributed by atoms with Crippen molar-refractivity contribution in [3.8, 4) is 0 Å². The van der Waals surface area contributed by atoms with E-state index in [0.717, 1.165) is 5.56 Å². The van der Waals surface area contributed by atoms with Crippen LogP contribution in [-0.4, -0.2) is 48.8 Å². The fraction of sp³-hybridized carbons (Fsp3) is 0.389. The average molecular weight is 359 g/mol. The van der Waals surface area contributed by atoms with Crippen LogP contribution in [0.5, 0.6) is 0 Å². The van der Waals surface area contributed by atoms with E-state index in [2.05, 4.69) is 10.3 Å². The molecule has 8 nitrogen and oxygen atoms in total. The minimum Gasteiger partial charge on any atom is -0.379 e. The number of nitrogens with one attached hydrogen (secondary N) is 2. The van der Waals surface area contributed by atoms with E-state index in [1.165, 1.54) is 6.07 Å². The third kappa shape index (κ3) is 4.09. The minimum atomic E-state index is -0.572. The molecule has 0 radical (unpaired) electrons. The lowest BCUT2D eigenvalue weighted by Gasteiger charge is -2.31. The number of benzene rings is 1. The van der Waals surface area contributed by atoms with Crippen molar-refractivity contribution >= 4 is 22.7 Å². The Morgan fingerprint density at radius 2 is 2.19 bits per heavy atom. The Bertz CT molecular complexity index is 892. The number of carbonyl (C=O) groups is 2. The first-order valence-electron chi connectivity index (χ1n) is 8.36. The molecule has 1 fully saturated rings. The highest BCUT2D eigenvalue weighted by atomic mass is 16.5. The molecule has 2 atom stereocenters. The molecule has 1 aliphatic rings. The number of nitrogens with two attached hydrogens (primary N) is 1. The minimum absolute atomic E-state index is 0.218. The Kier molecular flexibility index (Phi) is 5.34. The molecule has 2 amide bonds. The van der Waals surface area contributed by atoms with Gasteiger partial charge in [0.2, 0.25) is 11.5 Å². The standard InChI is InChI=1S/C18H21N3O5/c1-10-2-3-13-11(6-10)12(7-17(23)20-13)18(24)21-14-8-25-5-4-15(14)26-9-16(19)22/h2-3,6-7,14-15H,4-5,8-9H2,1H3,(H2,19,22)(H,20,23)(H,21,24)/t14-,15+/m1/s1. The lowest BCUT2D eigenvalue weighted by atomic mass is 10.0. The molecule has 1 aromatic heterocycles. The average Bonchev–Trinajstić information content (AvgIpc) is 2.60. The number of hydrogen-bond acceptors (Lipinski definition) is 5. The molecule has 26 heavy (non-hydrogen) atoms. The molecule has 1 aliphatic heterocycles. The van der Waals surface area contributed by atoms with Crippen LogP contribution in [0.25, 0.3) is 10.9 Å². The molecule has 0 bridgehead atoms. The van der Waals surface area contributed by atoms with Crippen LogP contribution in [0.3, 0.4) is 0 Å². The van der Waals surface area contributed by atoms with Gasteiger partial charge < -0.3 is 25.5 Å². The number of aromatic amines is 1. The van der Waals surface area contributed by atoms with Crippen molar-refractivity contribution in [1.29, 1.82) is 0 Å². The molecular formula is C18H21N3O5. The van der Waals surface area contributed by atoms with Gasteiger partial charge in [-0.3, -0.25) is 14.4 Å². The van der Waals surface area contributed by atoms with Crippen LogP contribution >= 0.6 is 0 Å². The van der Waals surface area contributed by atoms with Gasteiger partial charge in [0.25, 0.3) is 5.91 Å². The van der Waals surface area contributed by atoms with Crippen molar-refractivity contribution in [2.75, 3.05) is 19.8 Å². The quantitative estimate of drug-likeness (QED) is 0.705. The SMILES string of the molecule is Cc1ccc2[nH]c(=O)cc(C(=O)N[C@@H]3COCC[C@@H]3OCC(N)=O)c2c1. The molecule has 1 aromatic carbocycles. The summed E-state index contributed by atoms with van der Waals surface area (Å²) in [4.78, 5) is 38.4. The smallest absolute Gasteiger partial charge is 0.252 e. The molecule has 0 unspecified atom stereocenters. The summed E-state index contributed by atoms with van der Waals surface area (Å²) in [6.45, 7) is 2.43. The van der Waals surface area contributed by atoms with E-state index in [-0.39, 0.29) is 30.4 Å². The van der Waals surface area contributed by atoms with Gasteiger partial charge in [-0.15, -0.1) is 0 Å². The van der Waals surface area contributed by atoms with E-state index in [0.29, 0.717) is 23.9 Å². The van der Waals surface area contributed by atoms with Gasteiger partial charge in [-0.05, 0) is 25.5 Å². The number of H-pyrrole nitrogens is 1. The van der Waals surface area contributed by atoms with E-state index in [4.69, 9.17) is 15.2 Å². The number of rotatable bonds is 5. The van der Waals surface area contributed by atoms with Gasteiger partial charge in [-0.2, -0.15) is 0 Å². The number of hydrogen-bond donors (Lipinski definition) is 3. The highest BCUT2D eigenvalue weighted by Crippen LogP contribution is 2.18. The van der Waals surface area contributed by atoms with Gasteiger partial charge >= 0.3 is 0 Å². The van der Waals surface area contributed by atoms with Crippen molar-refractivity contribution in [1.82, 2.24) is 10.3 Å². The van der Waals surface area contributed by atoms with Crippen LogP contribution in [0.2, 0.25) is 0 Å². The number of ether oxygens (including phenoxy) is 2. The number of primary amides is 1. The topological polar surface area (TPSA) is 124 Å². The van der Waals surface area contributed by atoms with Crippen molar-refractivity contribution in [2.24, 2.45) is 5.73 Å². The van der Waals surface area contributed by atoms with Crippen LogP contribution in [-0.2, 0) is 14.3 Å². The molecule has 138 valence electrons. The molecule has 4 N–H and O–H groups in total. The van der Waals surface area contributed by atoms with E-state index < -0.39 is 17.9 Å². The van der Waals surface area contributed by atoms with Crippen molar-refractivity contribution in [2.45, 2.75) is 25.5 Å². The summed E-state index contributed by atoms with van der Waals surface area (Å²) < 4.78 is 10.9. The maximum atomic E-state index is 12.8. The maximum absolute atomic E-state index is 12.8. The second kappa shape index (κ2) is 7.67. The van der Waals surface area contributed by atoms with E-state index in [9.17, 15) is 14.4 Å². The Balaban J connectivity index is 1.84. The van der Waals surface area contributed by atoms with Crippen molar-refractivity contribution in [3.63, 3.8) is 0 Å². The lowest BCUT2D eigenvalue weighted by Crippen LogP contribution is -2.51. The summed E-state index contributed by atoms with van der Waals surface area (Å²) in [6, 6.07) is 6.32. The fourth-order valence-electron chi connectivity index (χ4n) is 3.04. The van der Waals surface area contributed by atoms with Gasteiger partial charge in [-0.25, -0.2) is 0 Å². The van der Waals surface area contributed by atoms with Crippen molar-refractivity contribution in [3.05, 3.63) is 45.7 Å². The zero-order chi connectivity index (χ0) is 18.7. The Morgan fingerprint density at radius 3 is 2.96 bits per heavy atom. The summed E-state index contributed by atoms with van der Waals surface area (Å²) in [5.41, 5.74) is 6.62. The van der Waals surface area contributed by atoms with Gasteiger partial charge in [0, 0.05) is 23.6 Å². The molecule has 0 saturated carbocycles. The van der Waals surface area contributed by atoms with Crippen LogP contribution in [0.4, 0.5) is 0 Å². The molecule has 0 aliphatic carbocycles. The molecule has 3 rings (SSSR count). The molecule has 1 saturated heterocycles. The molecule has 2 aromatic rings. The first-order valence-corrected chi connectivity index (χ1v) is 8.36. The second-order valence-corrected chi connectivity index (χ2v) is 6.36. The second-order valence-electron chi connectivity index (χ2n) is 6.36. The Hall–Kier alpha value is -2.71. The zero-order valence-corrected chi connectivity index (χ0v) is 14.4. The largest absolute Gasteiger partial charge is 0.379 e. The number of aryl methyl sites for hydroxylation is 1. The van der Waals surface area contributed by atoms with E-state index in [1.807, 2.05) is 19.1 Å². The molecular weight excluding hydrogens is 338 g/mol. The van der Waals surface area contributed by atoms with Gasteiger partial charge in [-0.1, -0.05) is 11.6 Å². The van der Waals surface area contributed by atoms with Gasteiger partial charge in [0.05, 0.1) is 24.3 Å². The maximum Gasteiger partial charge on any atom is 0.252 e. The Labute approximate surface area is 149 Å². The number of aromatic nitrogens is 1. The van der Waals surface area contributed by atoms with Crippen LogP contribution < -0.4 is 16.6 Å². The predicted molar refractivity (Wildman–Crippen MR) is 94.9 cm³/mol. The summed E-state index contributed by atoms with van der Waals surface area (Å²) in [7, 11) is 0. The van der Waals surface area contributed by atoms with E-state index in [1.54, 1.807) is 6.07 Å². The third-order valence-corrected chi connectivity index (χ3v) is 4.29. The molecule has 0 spiro atoms. The number of carbonyl (C=O) groups excluding carboxylic acids is 2. The van der Waals surface area contributed by atoms with Crippen LogP contribution in [0, 0.1) is 6.92 Å². The monoisotopic (exact) mass is 359 g/mol. The van der Waals surface area contributed by atoms with Gasteiger partial charge in [0.15, 0.2) is 0 Å². The summed E-state index contributed by atoms with van der Waals surface area (Å²) in [5.74, 6) is -0.965. The number of fused-ring (bicyclic) bond motifs is 1. The normalized spacial score (nSPS) is 20.0. The summed E-state index contributed by atoms with van der Waals surface area (Å²) in [6.07, 6.45) is 0.156. The summed E-state index contributed by atoms with van der Waals surface area (Å²) >= 11 is 0. The molecule has 2 heterocycles. The summed E-state index contributed by atoms with van der Waals surface area (Å²) in [5, 5.41) is 3.51. The first kappa shape index (κ1) is 18.1. The lowest BCUT2D eigenvalue weighted by molar-refractivity contribution is -0.128. The van der Waals surface area contributed by atoms with Crippen LogP contribution in [0.15, 0.2) is 29.1 Å². The number of amides is 2. The Morgan fingerprint density at radius 1 is 1.38 bits per heavy atom. The van der Waals surface area contributed by atoms with Gasteiger partial charge in [0.1, 0.15) is 6.61 Å². The van der Waals surface area contributed by atoms with Crippen LogP contribution in [0.1, 0.15) is 22.3 Å². The number of pyridine rings is 1. The first-order chi connectivity index (χ1) is 12.4. The van der Waals surface area contributed by atoms with E-state index >= 15 is 0 Å².